The summed E-state index contributed by atoms with van der Waals surface area (Å²) in [5.74, 6) is 0.0419. The molecule has 0 radical (unpaired) electrons. The van der Waals surface area contributed by atoms with Crippen LogP contribution in [0.4, 0.5) is 0 Å². The molecule has 0 atom stereocenters. The standard InChI is InChI=1S/C24H21NO4/c1-27-24(26)20-7-2-3-8-22(20)28-14-19-15-29-23-10-9-18(12-21(19)23)17-6-4-5-16(11-17)13-25/h2-12,15H,13-14,25H2,1H3. The monoisotopic (exact) mass is 387 g/mol. The Balaban J connectivity index is 1.63. The Labute approximate surface area is 168 Å². The van der Waals surface area contributed by atoms with Crippen LogP contribution in [0.2, 0.25) is 0 Å². The van der Waals surface area contributed by atoms with Crippen LogP contribution in [-0.4, -0.2) is 13.1 Å². The van der Waals surface area contributed by atoms with Gasteiger partial charge in [-0.1, -0.05) is 36.4 Å². The Kier molecular flexibility index (Phi) is 5.31. The van der Waals surface area contributed by atoms with E-state index in [0.29, 0.717) is 17.9 Å². The van der Waals surface area contributed by atoms with Crippen LogP contribution in [0.25, 0.3) is 22.1 Å². The van der Waals surface area contributed by atoms with Crippen LogP contribution in [0.15, 0.2) is 77.4 Å². The molecule has 146 valence electrons. The van der Waals surface area contributed by atoms with E-state index in [1.807, 2.05) is 30.3 Å². The lowest BCUT2D eigenvalue weighted by molar-refractivity contribution is 0.0595. The molecule has 0 saturated heterocycles. The van der Waals surface area contributed by atoms with Crippen LogP contribution in [0.5, 0.6) is 5.75 Å². The molecule has 4 aromatic rings. The lowest BCUT2D eigenvalue weighted by Crippen LogP contribution is -2.05. The zero-order valence-corrected chi connectivity index (χ0v) is 16.1. The molecule has 2 N–H and O–H groups in total. The second kappa shape index (κ2) is 8.20. The minimum absolute atomic E-state index is 0.271. The van der Waals surface area contributed by atoms with Gasteiger partial charge in [0.1, 0.15) is 23.5 Å². The van der Waals surface area contributed by atoms with Crippen molar-refractivity contribution in [1.82, 2.24) is 0 Å². The van der Waals surface area contributed by atoms with Gasteiger partial charge in [-0.25, -0.2) is 4.79 Å². The summed E-state index contributed by atoms with van der Waals surface area (Å²) in [6, 6.07) is 21.2. The molecule has 0 amide bonds. The molecule has 0 aliphatic heterocycles. The highest BCUT2D eigenvalue weighted by molar-refractivity contribution is 5.92. The predicted molar refractivity (Wildman–Crippen MR) is 112 cm³/mol. The van der Waals surface area contributed by atoms with Crippen LogP contribution < -0.4 is 10.5 Å². The summed E-state index contributed by atoms with van der Waals surface area (Å²) < 4.78 is 16.4. The maximum Gasteiger partial charge on any atom is 0.341 e. The average Bonchev–Trinajstić information content (AvgIpc) is 3.19. The Morgan fingerprint density at radius 3 is 2.66 bits per heavy atom. The van der Waals surface area contributed by atoms with Gasteiger partial charge in [-0.15, -0.1) is 0 Å². The van der Waals surface area contributed by atoms with Gasteiger partial charge in [0.05, 0.1) is 13.4 Å². The molecule has 0 spiro atoms. The highest BCUT2D eigenvalue weighted by atomic mass is 16.5. The third kappa shape index (κ3) is 3.86. The van der Waals surface area contributed by atoms with Crippen LogP contribution >= 0.6 is 0 Å². The first-order valence-corrected chi connectivity index (χ1v) is 9.29. The van der Waals surface area contributed by atoms with E-state index < -0.39 is 5.97 Å². The maximum atomic E-state index is 11.9. The van der Waals surface area contributed by atoms with Crippen molar-refractivity contribution in [2.24, 2.45) is 5.73 Å². The molecule has 1 aromatic heterocycles. The molecule has 29 heavy (non-hydrogen) atoms. The SMILES string of the molecule is COC(=O)c1ccccc1OCc1coc2ccc(-c3cccc(CN)c3)cc12. The van der Waals surface area contributed by atoms with Crippen molar-refractivity contribution in [3.8, 4) is 16.9 Å². The summed E-state index contributed by atoms with van der Waals surface area (Å²) in [5.41, 5.74) is 11.1. The maximum absolute atomic E-state index is 11.9. The molecule has 0 aliphatic rings. The summed E-state index contributed by atoms with van der Waals surface area (Å²) in [7, 11) is 1.35. The van der Waals surface area contributed by atoms with Gasteiger partial charge in [-0.05, 0) is 47.0 Å². The minimum Gasteiger partial charge on any atom is -0.488 e. The number of fused-ring (bicyclic) bond motifs is 1. The predicted octanol–water partition coefficient (Wildman–Crippen LogP) is 4.92. The second-order valence-corrected chi connectivity index (χ2v) is 6.65. The molecular formula is C24H21NO4. The van der Waals surface area contributed by atoms with Crippen molar-refractivity contribution in [1.29, 1.82) is 0 Å². The smallest absolute Gasteiger partial charge is 0.341 e. The quantitative estimate of drug-likeness (QED) is 0.475. The van der Waals surface area contributed by atoms with Crippen molar-refractivity contribution in [3.05, 3.63) is 89.7 Å². The number of ether oxygens (including phenoxy) is 2. The van der Waals surface area contributed by atoms with Gasteiger partial charge in [0.2, 0.25) is 0 Å². The van der Waals surface area contributed by atoms with Gasteiger partial charge in [-0.3, -0.25) is 0 Å². The lowest BCUT2D eigenvalue weighted by atomic mass is 10.0. The fraction of sp³-hybridized carbons (Fsp3) is 0.125. The van der Waals surface area contributed by atoms with Crippen LogP contribution in [-0.2, 0) is 17.9 Å². The molecule has 0 aliphatic carbocycles. The lowest BCUT2D eigenvalue weighted by Gasteiger charge is -2.09. The van der Waals surface area contributed by atoms with Crippen LogP contribution in [0, 0.1) is 0 Å². The third-order valence-corrected chi connectivity index (χ3v) is 4.83. The zero-order chi connectivity index (χ0) is 20.2. The van der Waals surface area contributed by atoms with Gasteiger partial charge in [0.25, 0.3) is 0 Å². The van der Waals surface area contributed by atoms with E-state index in [0.717, 1.165) is 33.2 Å². The summed E-state index contributed by atoms with van der Waals surface area (Å²) in [6.07, 6.45) is 1.69. The fourth-order valence-electron chi connectivity index (χ4n) is 3.28. The van der Waals surface area contributed by atoms with Gasteiger partial charge in [0, 0.05) is 17.5 Å². The molecule has 0 saturated carbocycles. The molecular weight excluding hydrogens is 366 g/mol. The van der Waals surface area contributed by atoms with Crippen molar-refractivity contribution in [2.45, 2.75) is 13.2 Å². The van der Waals surface area contributed by atoms with Crippen molar-refractivity contribution < 1.29 is 18.7 Å². The highest BCUT2D eigenvalue weighted by Crippen LogP contribution is 2.29. The number of carbonyl (C=O) groups excluding carboxylic acids is 1. The van der Waals surface area contributed by atoms with Crippen LogP contribution in [0.3, 0.4) is 0 Å². The number of benzene rings is 3. The fourth-order valence-corrected chi connectivity index (χ4v) is 3.28. The molecule has 0 fully saturated rings. The zero-order valence-electron chi connectivity index (χ0n) is 16.1. The highest BCUT2D eigenvalue weighted by Gasteiger charge is 2.14. The van der Waals surface area contributed by atoms with Crippen molar-refractivity contribution in [3.63, 3.8) is 0 Å². The molecule has 5 heteroatoms. The normalized spacial score (nSPS) is 10.8. The van der Waals surface area contributed by atoms with Crippen molar-refractivity contribution >= 4 is 16.9 Å². The number of carbonyl (C=O) groups is 1. The number of furan rings is 1. The number of hydrogen-bond donors (Lipinski definition) is 1. The number of esters is 1. The van der Waals surface area contributed by atoms with Gasteiger partial charge in [-0.2, -0.15) is 0 Å². The van der Waals surface area contributed by atoms with E-state index in [9.17, 15) is 4.79 Å². The Morgan fingerprint density at radius 2 is 1.83 bits per heavy atom. The number of para-hydroxylation sites is 1. The van der Waals surface area contributed by atoms with Crippen LogP contribution in [0.1, 0.15) is 21.5 Å². The first-order chi connectivity index (χ1) is 14.2. The van der Waals surface area contributed by atoms with E-state index in [2.05, 4.69) is 18.2 Å². The summed E-state index contributed by atoms with van der Waals surface area (Å²) in [5, 5.41) is 0.969. The molecule has 1 heterocycles. The minimum atomic E-state index is -0.431. The van der Waals surface area contributed by atoms with E-state index in [4.69, 9.17) is 19.6 Å². The Hall–Kier alpha value is -3.57. The van der Waals surface area contributed by atoms with E-state index >= 15 is 0 Å². The number of methoxy groups -OCH3 is 1. The summed E-state index contributed by atoms with van der Waals surface area (Å²) in [4.78, 5) is 11.9. The molecule has 0 unspecified atom stereocenters. The summed E-state index contributed by atoms with van der Waals surface area (Å²) >= 11 is 0. The average molecular weight is 387 g/mol. The molecule has 3 aromatic carbocycles. The number of rotatable bonds is 6. The molecule has 0 bridgehead atoms. The van der Waals surface area contributed by atoms with Gasteiger partial charge in [0.15, 0.2) is 0 Å². The van der Waals surface area contributed by atoms with Crippen molar-refractivity contribution in [2.75, 3.05) is 7.11 Å². The Bertz CT molecular complexity index is 1160. The summed E-state index contributed by atoms with van der Waals surface area (Å²) in [6.45, 7) is 0.772. The first-order valence-electron chi connectivity index (χ1n) is 9.29. The van der Waals surface area contributed by atoms with E-state index in [1.165, 1.54) is 7.11 Å². The Morgan fingerprint density at radius 1 is 1.00 bits per heavy atom. The molecule has 5 nitrogen and oxygen atoms in total. The second-order valence-electron chi connectivity index (χ2n) is 6.65. The van der Waals surface area contributed by atoms with Gasteiger partial charge >= 0.3 is 5.97 Å². The third-order valence-electron chi connectivity index (χ3n) is 4.83. The van der Waals surface area contributed by atoms with E-state index in [1.54, 1.807) is 24.5 Å². The number of nitrogens with two attached hydrogens (primary N) is 1. The topological polar surface area (TPSA) is 74.7 Å². The first kappa shape index (κ1) is 18.8. The van der Waals surface area contributed by atoms with Gasteiger partial charge < -0.3 is 19.6 Å². The van der Waals surface area contributed by atoms with E-state index in [-0.39, 0.29) is 6.61 Å². The number of hydrogen-bond acceptors (Lipinski definition) is 5. The molecule has 4 rings (SSSR count). The largest absolute Gasteiger partial charge is 0.488 e.